The number of hydrogen-bond donors (Lipinski definition) is 1. The molecule has 0 spiro atoms. The SMILES string of the molecule is CC1CCC(/C=C(/CNC(C)(C)C)C(C)C)CC1. The van der Waals surface area contributed by atoms with Crippen LogP contribution in [0.3, 0.4) is 0 Å². The molecule has 0 bridgehead atoms. The summed E-state index contributed by atoms with van der Waals surface area (Å²) in [4.78, 5) is 0. The van der Waals surface area contributed by atoms with Crippen LogP contribution in [0.1, 0.15) is 67.2 Å². The molecule has 1 heteroatoms. The average molecular weight is 251 g/mol. The highest BCUT2D eigenvalue weighted by Gasteiger charge is 2.18. The fraction of sp³-hybridized carbons (Fsp3) is 0.882. The minimum atomic E-state index is 0.217. The average Bonchev–Trinajstić information content (AvgIpc) is 2.25. The highest BCUT2D eigenvalue weighted by molar-refractivity contribution is 5.10. The third-order valence-electron chi connectivity index (χ3n) is 4.07. The molecular formula is C17H33N. The van der Waals surface area contributed by atoms with Gasteiger partial charge < -0.3 is 5.32 Å². The summed E-state index contributed by atoms with van der Waals surface area (Å²) in [6.07, 6.45) is 8.20. The first-order chi connectivity index (χ1) is 8.28. The summed E-state index contributed by atoms with van der Waals surface area (Å²) in [5.74, 6) is 2.45. The summed E-state index contributed by atoms with van der Waals surface area (Å²) in [6, 6.07) is 0. The van der Waals surface area contributed by atoms with Gasteiger partial charge in [0.2, 0.25) is 0 Å². The molecule has 0 aromatic rings. The number of rotatable bonds is 4. The second-order valence-electron chi connectivity index (χ2n) is 7.52. The monoisotopic (exact) mass is 251 g/mol. The van der Waals surface area contributed by atoms with Gasteiger partial charge in [-0.2, -0.15) is 0 Å². The van der Waals surface area contributed by atoms with Gasteiger partial charge in [-0.3, -0.25) is 0 Å². The molecule has 0 unspecified atom stereocenters. The van der Waals surface area contributed by atoms with Crippen molar-refractivity contribution >= 4 is 0 Å². The van der Waals surface area contributed by atoms with Crippen LogP contribution in [-0.4, -0.2) is 12.1 Å². The Labute approximate surface area is 114 Å². The fourth-order valence-corrected chi connectivity index (χ4v) is 2.58. The van der Waals surface area contributed by atoms with Crippen molar-refractivity contribution in [3.63, 3.8) is 0 Å². The number of hydrogen-bond acceptors (Lipinski definition) is 1. The summed E-state index contributed by atoms with van der Waals surface area (Å²) in [7, 11) is 0. The van der Waals surface area contributed by atoms with Gasteiger partial charge in [0.25, 0.3) is 0 Å². The lowest BCUT2D eigenvalue weighted by atomic mass is 9.81. The zero-order chi connectivity index (χ0) is 13.8. The summed E-state index contributed by atoms with van der Waals surface area (Å²) in [5.41, 5.74) is 1.82. The molecule has 0 heterocycles. The first-order valence-corrected chi connectivity index (χ1v) is 7.73. The Morgan fingerprint density at radius 2 is 1.72 bits per heavy atom. The second-order valence-corrected chi connectivity index (χ2v) is 7.52. The Morgan fingerprint density at radius 1 is 1.17 bits per heavy atom. The van der Waals surface area contributed by atoms with Gasteiger partial charge in [-0.1, -0.05) is 45.3 Å². The van der Waals surface area contributed by atoms with Crippen LogP contribution in [0.15, 0.2) is 11.6 Å². The Kier molecular flexibility index (Phi) is 5.91. The van der Waals surface area contributed by atoms with Gasteiger partial charge in [0.05, 0.1) is 0 Å². The van der Waals surface area contributed by atoms with E-state index in [9.17, 15) is 0 Å². The zero-order valence-corrected chi connectivity index (χ0v) is 13.3. The van der Waals surface area contributed by atoms with E-state index in [2.05, 4.69) is 52.9 Å². The maximum Gasteiger partial charge on any atom is 0.0172 e. The topological polar surface area (TPSA) is 12.0 Å². The molecule has 0 aromatic heterocycles. The van der Waals surface area contributed by atoms with Crippen molar-refractivity contribution in [2.45, 2.75) is 72.8 Å². The second kappa shape index (κ2) is 6.75. The van der Waals surface area contributed by atoms with Crippen molar-refractivity contribution in [3.05, 3.63) is 11.6 Å². The minimum Gasteiger partial charge on any atom is -0.308 e. The molecule has 1 N–H and O–H groups in total. The lowest BCUT2D eigenvalue weighted by molar-refractivity contribution is 0.328. The molecule has 1 fully saturated rings. The predicted molar refractivity (Wildman–Crippen MR) is 81.8 cm³/mol. The molecule has 0 radical (unpaired) electrons. The Hall–Kier alpha value is -0.300. The molecule has 18 heavy (non-hydrogen) atoms. The van der Waals surface area contributed by atoms with Crippen molar-refractivity contribution in [2.24, 2.45) is 17.8 Å². The Bertz CT molecular complexity index is 262. The largest absolute Gasteiger partial charge is 0.308 e. The summed E-state index contributed by atoms with van der Waals surface area (Å²) >= 11 is 0. The van der Waals surface area contributed by atoms with E-state index in [1.807, 2.05) is 0 Å². The normalized spacial score (nSPS) is 26.7. The molecule has 1 nitrogen and oxygen atoms in total. The van der Waals surface area contributed by atoms with Crippen molar-refractivity contribution in [1.82, 2.24) is 5.32 Å². The highest BCUT2D eigenvalue weighted by atomic mass is 14.9. The summed E-state index contributed by atoms with van der Waals surface area (Å²) in [6.45, 7) is 14.8. The lowest BCUT2D eigenvalue weighted by Crippen LogP contribution is -2.37. The first-order valence-electron chi connectivity index (χ1n) is 7.73. The smallest absolute Gasteiger partial charge is 0.0172 e. The van der Waals surface area contributed by atoms with Gasteiger partial charge in [0.15, 0.2) is 0 Å². The quantitative estimate of drug-likeness (QED) is 0.709. The standard InChI is InChI=1S/C17H33N/c1-13(2)16(12-18-17(4,5)6)11-15-9-7-14(3)8-10-15/h11,13-15,18H,7-10,12H2,1-6H3/b16-11-. The molecule has 106 valence electrons. The van der Waals surface area contributed by atoms with Gasteiger partial charge in [-0.25, -0.2) is 0 Å². The molecule has 1 rings (SSSR count). The van der Waals surface area contributed by atoms with E-state index in [-0.39, 0.29) is 5.54 Å². The van der Waals surface area contributed by atoms with Crippen LogP contribution in [0.5, 0.6) is 0 Å². The molecule has 0 saturated heterocycles. The molecular weight excluding hydrogens is 218 g/mol. The van der Waals surface area contributed by atoms with Gasteiger partial charge in [0.1, 0.15) is 0 Å². The Morgan fingerprint density at radius 3 is 2.17 bits per heavy atom. The molecule has 1 saturated carbocycles. The van der Waals surface area contributed by atoms with Crippen LogP contribution in [0.2, 0.25) is 0 Å². The number of nitrogens with one attached hydrogen (secondary N) is 1. The van der Waals surface area contributed by atoms with E-state index in [1.54, 1.807) is 5.57 Å². The molecule has 1 aliphatic carbocycles. The molecule has 1 aliphatic rings. The molecule has 0 aliphatic heterocycles. The van der Waals surface area contributed by atoms with Gasteiger partial charge >= 0.3 is 0 Å². The van der Waals surface area contributed by atoms with E-state index in [4.69, 9.17) is 0 Å². The zero-order valence-electron chi connectivity index (χ0n) is 13.3. The van der Waals surface area contributed by atoms with Crippen LogP contribution < -0.4 is 5.32 Å². The van der Waals surface area contributed by atoms with Gasteiger partial charge in [0, 0.05) is 12.1 Å². The maximum absolute atomic E-state index is 3.63. The van der Waals surface area contributed by atoms with Gasteiger partial charge in [-0.05, 0) is 51.4 Å². The lowest BCUT2D eigenvalue weighted by Gasteiger charge is -2.27. The van der Waals surface area contributed by atoms with Gasteiger partial charge in [-0.15, -0.1) is 0 Å². The van der Waals surface area contributed by atoms with Crippen molar-refractivity contribution in [1.29, 1.82) is 0 Å². The van der Waals surface area contributed by atoms with E-state index >= 15 is 0 Å². The van der Waals surface area contributed by atoms with Crippen molar-refractivity contribution < 1.29 is 0 Å². The van der Waals surface area contributed by atoms with E-state index < -0.39 is 0 Å². The van der Waals surface area contributed by atoms with Crippen LogP contribution in [0, 0.1) is 17.8 Å². The van der Waals surface area contributed by atoms with Crippen molar-refractivity contribution in [3.8, 4) is 0 Å². The Balaban J connectivity index is 2.55. The van der Waals surface area contributed by atoms with E-state index in [0.717, 1.165) is 18.4 Å². The molecule has 0 amide bonds. The van der Waals surface area contributed by atoms with Crippen LogP contribution >= 0.6 is 0 Å². The van der Waals surface area contributed by atoms with Crippen molar-refractivity contribution in [2.75, 3.05) is 6.54 Å². The predicted octanol–water partition coefficient (Wildman–Crippen LogP) is 4.78. The van der Waals surface area contributed by atoms with E-state index in [0.29, 0.717) is 5.92 Å². The first kappa shape index (κ1) is 15.8. The van der Waals surface area contributed by atoms with Crippen LogP contribution in [-0.2, 0) is 0 Å². The minimum absolute atomic E-state index is 0.217. The van der Waals surface area contributed by atoms with E-state index in [1.165, 1.54) is 25.7 Å². The van der Waals surface area contributed by atoms with Crippen LogP contribution in [0.25, 0.3) is 0 Å². The van der Waals surface area contributed by atoms with Crippen LogP contribution in [0.4, 0.5) is 0 Å². The third-order valence-corrected chi connectivity index (χ3v) is 4.07. The highest BCUT2D eigenvalue weighted by Crippen LogP contribution is 2.30. The number of allylic oxidation sites excluding steroid dienone is 1. The summed E-state index contributed by atoms with van der Waals surface area (Å²) in [5, 5.41) is 3.63. The maximum atomic E-state index is 3.63. The third kappa shape index (κ3) is 6.04. The fourth-order valence-electron chi connectivity index (χ4n) is 2.58. The molecule has 0 aromatic carbocycles. The summed E-state index contributed by atoms with van der Waals surface area (Å²) < 4.78 is 0. The molecule has 0 atom stereocenters.